The van der Waals surface area contributed by atoms with E-state index in [0.29, 0.717) is 17.9 Å². The number of hydrogen-bond acceptors (Lipinski definition) is 1. The van der Waals surface area contributed by atoms with Gasteiger partial charge in [-0.1, -0.05) is 115 Å². The third-order valence-corrected chi connectivity index (χ3v) is 11.1. The van der Waals surface area contributed by atoms with Crippen LogP contribution in [0, 0.1) is 0 Å². The highest BCUT2D eigenvalue weighted by Gasteiger charge is 2.63. The third kappa shape index (κ3) is 2.75. The van der Waals surface area contributed by atoms with E-state index in [9.17, 15) is 0 Å². The maximum Gasteiger partial charge on any atom is 0.0493 e. The minimum Gasteiger partial charge on any atom is -0.338 e. The molecule has 1 heteroatoms. The van der Waals surface area contributed by atoms with E-state index in [4.69, 9.17) is 0 Å². The lowest BCUT2D eigenvalue weighted by molar-refractivity contribution is 0.220. The first kappa shape index (κ1) is 23.0. The Bertz CT molecular complexity index is 2040. The summed E-state index contributed by atoms with van der Waals surface area (Å²) in [6.07, 6.45) is 3.54. The Morgan fingerprint density at radius 3 is 2.14 bits per heavy atom. The molecule has 0 saturated heterocycles. The number of hydrogen-bond donors (Lipinski definition) is 0. The van der Waals surface area contributed by atoms with Gasteiger partial charge in [-0.15, -0.1) is 0 Å². The van der Waals surface area contributed by atoms with Crippen LogP contribution in [0.5, 0.6) is 0 Å². The molecule has 4 bridgehead atoms. The molecule has 4 aliphatic rings. The molecule has 4 atom stereocenters. The average molecular weight is 538 g/mol. The molecule has 0 aromatic heterocycles. The van der Waals surface area contributed by atoms with Crippen LogP contribution in [0.15, 0.2) is 133 Å². The van der Waals surface area contributed by atoms with Crippen LogP contribution in [0.2, 0.25) is 0 Å². The van der Waals surface area contributed by atoms with E-state index in [-0.39, 0.29) is 5.41 Å². The molecule has 1 nitrogen and oxygen atoms in total. The van der Waals surface area contributed by atoms with Gasteiger partial charge in [0.1, 0.15) is 0 Å². The van der Waals surface area contributed by atoms with E-state index in [1.54, 1.807) is 16.7 Å². The molecule has 1 fully saturated rings. The first-order valence-corrected chi connectivity index (χ1v) is 15.5. The number of fused-ring (bicyclic) bond motifs is 5. The van der Waals surface area contributed by atoms with Crippen LogP contribution in [0.1, 0.15) is 53.4 Å². The largest absolute Gasteiger partial charge is 0.338 e. The van der Waals surface area contributed by atoms with Crippen LogP contribution in [-0.2, 0) is 5.41 Å². The fourth-order valence-electron chi connectivity index (χ4n) is 9.83. The zero-order valence-corrected chi connectivity index (χ0v) is 23.5. The number of benzene rings is 6. The lowest BCUT2D eigenvalue weighted by Crippen LogP contribution is -2.49. The molecular formula is C41H31N. The van der Waals surface area contributed by atoms with Crippen molar-refractivity contribution in [3.63, 3.8) is 0 Å². The van der Waals surface area contributed by atoms with Crippen molar-refractivity contribution in [1.82, 2.24) is 0 Å². The molecule has 4 unspecified atom stereocenters. The zero-order valence-electron chi connectivity index (χ0n) is 23.5. The van der Waals surface area contributed by atoms with Crippen molar-refractivity contribution in [2.45, 2.75) is 42.6 Å². The second-order valence-corrected chi connectivity index (χ2v) is 12.8. The minimum absolute atomic E-state index is 0.0670. The van der Waals surface area contributed by atoms with Gasteiger partial charge in [0.15, 0.2) is 0 Å². The minimum atomic E-state index is 0.0670. The first-order valence-electron chi connectivity index (χ1n) is 15.5. The summed E-state index contributed by atoms with van der Waals surface area (Å²) < 4.78 is 0. The van der Waals surface area contributed by atoms with E-state index in [0.717, 1.165) is 6.42 Å². The summed E-state index contributed by atoms with van der Waals surface area (Å²) in [5, 5.41) is 2.64. The Balaban J connectivity index is 1.23. The van der Waals surface area contributed by atoms with Gasteiger partial charge in [-0.2, -0.15) is 0 Å². The molecule has 42 heavy (non-hydrogen) atoms. The zero-order chi connectivity index (χ0) is 27.4. The molecular weight excluding hydrogens is 506 g/mol. The lowest BCUT2D eigenvalue weighted by atomic mass is 9.50. The molecule has 0 heterocycles. The molecule has 0 N–H and O–H groups in total. The number of para-hydroxylation sites is 1. The molecule has 6 aromatic carbocycles. The lowest BCUT2D eigenvalue weighted by Gasteiger charge is -2.55. The van der Waals surface area contributed by atoms with Crippen molar-refractivity contribution in [1.29, 1.82) is 0 Å². The van der Waals surface area contributed by atoms with E-state index in [1.807, 2.05) is 0 Å². The average Bonchev–Trinajstić information content (AvgIpc) is 3.34. The summed E-state index contributed by atoms with van der Waals surface area (Å²) in [7, 11) is 0. The van der Waals surface area contributed by atoms with Gasteiger partial charge in [-0.05, 0) is 93.3 Å². The highest BCUT2D eigenvalue weighted by Crippen LogP contribution is 2.74. The van der Waals surface area contributed by atoms with Crippen molar-refractivity contribution in [2.75, 3.05) is 4.90 Å². The monoisotopic (exact) mass is 537 g/mol. The van der Waals surface area contributed by atoms with Gasteiger partial charge in [0, 0.05) is 34.1 Å². The fourth-order valence-corrected chi connectivity index (χ4v) is 9.83. The number of anilines is 2. The molecule has 200 valence electrons. The van der Waals surface area contributed by atoms with Gasteiger partial charge in [-0.25, -0.2) is 0 Å². The summed E-state index contributed by atoms with van der Waals surface area (Å²) >= 11 is 0. The molecule has 6 aromatic rings. The molecule has 0 radical (unpaired) electrons. The SMILES string of the molecule is c1ccc(N(c2cccc3ccccc23)C2CCC3c4cccc5c4C4c6ccccc6-c6cccc-5c6C34C2)cc1. The fraction of sp³-hybridized carbons (Fsp3) is 0.171. The molecule has 1 saturated carbocycles. The van der Waals surface area contributed by atoms with E-state index in [2.05, 4.69) is 138 Å². The van der Waals surface area contributed by atoms with Crippen LogP contribution in [0.4, 0.5) is 11.4 Å². The molecule has 4 aliphatic carbocycles. The molecule has 0 amide bonds. The predicted molar refractivity (Wildman–Crippen MR) is 174 cm³/mol. The Morgan fingerprint density at radius 2 is 1.21 bits per heavy atom. The Morgan fingerprint density at radius 1 is 0.548 bits per heavy atom. The summed E-state index contributed by atoms with van der Waals surface area (Å²) in [4.78, 5) is 2.71. The number of rotatable bonds is 3. The molecule has 10 rings (SSSR count). The predicted octanol–water partition coefficient (Wildman–Crippen LogP) is 10.4. The Hall–Kier alpha value is -4.62. The van der Waals surface area contributed by atoms with Crippen LogP contribution in [0.25, 0.3) is 33.0 Å². The molecule has 0 aliphatic heterocycles. The number of nitrogens with zero attached hydrogens (tertiary/aromatic N) is 1. The van der Waals surface area contributed by atoms with Crippen molar-refractivity contribution in [3.8, 4) is 22.3 Å². The topological polar surface area (TPSA) is 3.24 Å². The highest BCUT2D eigenvalue weighted by molar-refractivity contribution is 5.97. The van der Waals surface area contributed by atoms with Gasteiger partial charge in [0.25, 0.3) is 0 Å². The van der Waals surface area contributed by atoms with Crippen molar-refractivity contribution in [3.05, 3.63) is 156 Å². The second kappa shape index (κ2) is 8.23. The maximum absolute atomic E-state index is 2.71. The van der Waals surface area contributed by atoms with E-state index in [1.165, 1.54) is 62.8 Å². The van der Waals surface area contributed by atoms with E-state index >= 15 is 0 Å². The van der Waals surface area contributed by atoms with Gasteiger partial charge >= 0.3 is 0 Å². The van der Waals surface area contributed by atoms with Crippen LogP contribution in [0.3, 0.4) is 0 Å². The van der Waals surface area contributed by atoms with Crippen LogP contribution >= 0.6 is 0 Å². The maximum atomic E-state index is 2.71. The Kier molecular flexibility index (Phi) is 4.51. The van der Waals surface area contributed by atoms with Gasteiger partial charge in [0.05, 0.1) is 0 Å². The normalized spacial score (nSPS) is 23.8. The first-order chi connectivity index (χ1) is 20.8. The van der Waals surface area contributed by atoms with E-state index < -0.39 is 0 Å². The van der Waals surface area contributed by atoms with Crippen LogP contribution < -0.4 is 4.90 Å². The standard InChI is InChI=1S/C41H31N/c1-2-13-27(14-3-1)42(37-22-8-12-26-11-4-5-15-29(26)37)28-23-24-36-35-21-9-18-31-34-20-10-19-32-30-16-6-7-17-33(30)40(38(31)35)41(36,25-28)39(32)34/h1-22,28,36,40H,23-25H2. The van der Waals surface area contributed by atoms with Gasteiger partial charge in [0.2, 0.25) is 0 Å². The third-order valence-electron chi connectivity index (χ3n) is 11.1. The summed E-state index contributed by atoms with van der Waals surface area (Å²) in [6, 6.07) is 50.9. The quantitative estimate of drug-likeness (QED) is 0.217. The summed E-state index contributed by atoms with van der Waals surface area (Å²) in [6.45, 7) is 0. The summed E-state index contributed by atoms with van der Waals surface area (Å²) in [5.74, 6) is 0.967. The van der Waals surface area contributed by atoms with Gasteiger partial charge < -0.3 is 4.90 Å². The van der Waals surface area contributed by atoms with Gasteiger partial charge in [-0.3, -0.25) is 0 Å². The Labute approximate surface area is 247 Å². The van der Waals surface area contributed by atoms with Crippen LogP contribution in [-0.4, -0.2) is 6.04 Å². The smallest absolute Gasteiger partial charge is 0.0493 e. The van der Waals surface area contributed by atoms with Crippen molar-refractivity contribution >= 4 is 22.1 Å². The summed E-state index contributed by atoms with van der Waals surface area (Å²) in [5.41, 5.74) is 15.0. The highest BCUT2D eigenvalue weighted by atomic mass is 15.2. The van der Waals surface area contributed by atoms with Crippen molar-refractivity contribution < 1.29 is 0 Å². The van der Waals surface area contributed by atoms with Crippen molar-refractivity contribution in [2.24, 2.45) is 0 Å². The second-order valence-electron chi connectivity index (χ2n) is 12.8. The molecule has 1 spiro atoms.